The number of aryl methyl sites for hydroxylation is 1. The van der Waals surface area contributed by atoms with Gasteiger partial charge in [-0.3, -0.25) is 4.79 Å². The van der Waals surface area contributed by atoms with E-state index in [9.17, 15) is 26.7 Å². The summed E-state index contributed by atoms with van der Waals surface area (Å²) in [5.41, 5.74) is -2.14. The topological polar surface area (TPSA) is 30.2 Å². The zero-order chi connectivity index (χ0) is 13.2. The predicted octanol–water partition coefficient (Wildman–Crippen LogP) is 3.87. The van der Waals surface area contributed by atoms with Crippen molar-refractivity contribution < 1.29 is 31.2 Å². The molecule has 94 valence electrons. The number of Topliss-reactive ketones (excluding diaryl/α,β-unsaturated/α-hetero) is 1. The number of allylic oxidation sites excluding steroid dienone is 1. The number of alkyl halides is 3. The normalized spacial score (nSPS) is 11.4. The Balaban J connectivity index is 2.91. The summed E-state index contributed by atoms with van der Waals surface area (Å²) < 4.78 is 65.3. The molecule has 0 aliphatic heterocycles. The standard InChI is InChI=1S/C10H7F5O2/c1-5-2-3-8(17-5)7(16)4-6(9(11)12)10(13,14)15/h2-3H,4H2,1H3. The van der Waals surface area contributed by atoms with Gasteiger partial charge in [0.1, 0.15) is 11.3 Å². The van der Waals surface area contributed by atoms with Crippen molar-refractivity contribution in [2.75, 3.05) is 0 Å². The second-order valence-electron chi connectivity index (χ2n) is 3.25. The average molecular weight is 254 g/mol. The summed E-state index contributed by atoms with van der Waals surface area (Å²) in [7, 11) is 0. The molecule has 0 N–H and O–H groups in total. The van der Waals surface area contributed by atoms with Crippen molar-refractivity contribution in [3.63, 3.8) is 0 Å². The van der Waals surface area contributed by atoms with Gasteiger partial charge in [0.2, 0.25) is 5.78 Å². The van der Waals surface area contributed by atoms with Gasteiger partial charge in [-0.2, -0.15) is 22.0 Å². The minimum absolute atomic E-state index is 0.312. The largest absolute Gasteiger partial charge is 0.458 e. The molecule has 0 atom stereocenters. The molecule has 0 unspecified atom stereocenters. The molecule has 0 aliphatic carbocycles. The van der Waals surface area contributed by atoms with Gasteiger partial charge in [0.25, 0.3) is 6.08 Å². The molecule has 7 heteroatoms. The lowest BCUT2D eigenvalue weighted by Crippen LogP contribution is -2.16. The Morgan fingerprint density at radius 2 is 1.88 bits per heavy atom. The van der Waals surface area contributed by atoms with Crippen molar-refractivity contribution in [3.8, 4) is 0 Å². The van der Waals surface area contributed by atoms with Gasteiger partial charge in [-0.1, -0.05) is 0 Å². The van der Waals surface area contributed by atoms with E-state index in [1.165, 1.54) is 13.0 Å². The van der Waals surface area contributed by atoms with Crippen LogP contribution >= 0.6 is 0 Å². The van der Waals surface area contributed by atoms with Crippen molar-refractivity contribution >= 4 is 5.78 Å². The molecule has 17 heavy (non-hydrogen) atoms. The van der Waals surface area contributed by atoms with Crippen molar-refractivity contribution in [3.05, 3.63) is 35.3 Å². The van der Waals surface area contributed by atoms with Crippen LogP contribution in [-0.4, -0.2) is 12.0 Å². The highest BCUT2D eigenvalue weighted by atomic mass is 19.4. The highest BCUT2D eigenvalue weighted by molar-refractivity contribution is 5.95. The molecule has 0 aliphatic rings. The first-order chi connectivity index (χ1) is 7.71. The average Bonchev–Trinajstić information content (AvgIpc) is 2.58. The monoisotopic (exact) mass is 254 g/mol. The number of hydrogen-bond donors (Lipinski definition) is 0. The van der Waals surface area contributed by atoms with Gasteiger partial charge in [0, 0.05) is 6.42 Å². The zero-order valence-electron chi connectivity index (χ0n) is 8.57. The molecule has 2 nitrogen and oxygen atoms in total. The Hall–Kier alpha value is -1.66. The van der Waals surface area contributed by atoms with Crippen molar-refractivity contribution in [1.82, 2.24) is 0 Å². The van der Waals surface area contributed by atoms with E-state index in [-0.39, 0.29) is 5.76 Å². The Bertz CT molecular complexity index is 452. The number of halogens is 5. The number of hydrogen-bond acceptors (Lipinski definition) is 2. The molecule has 1 heterocycles. The molecule has 0 aromatic carbocycles. The number of ketones is 1. The summed E-state index contributed by atoms with van der Waals surface area (Å²) in [6, 6.07) is 2.50. The fraction of sp³-hybridized carbons (Fsp3) is 0.300. The van der Waals surface area contributed by atoms with Gasteiger partial charge in [-0.15, -0.1) is 0 Å². The van der Waals surface area contributed by atoms with Crippen LogP contribution in [0.4, 0.5) is 22.0 Å². The summed E-state index contributed by atoms with van der Waals surface area (Å²) in [5, 5.41) is 0. The molecular weight excluding hydrogens is 247 g/mol. The molecule has 1 aromatic heterocycles. The van der Waals surface area contributed by atoms with Crippen LogP contribution in [0, 0.1) is 6.92 Å². The summed E-state index contributed by atoms with van der Waals surface area (Å²) in [4.78, 5) is 11.3. The fourth-order valence-electron chi connectivity index (χ4n) is 1.11. The quantitative estimate of drug-likeness (QED) is 0.605. The van der Waals surface area contributed by atoms with Crippen LogP contribution in [0.1, 0.15) is 22.7 Å². The minimum atomic E-state index is -5.23. The molecular formula is C10H7F5O2. The molecule has 0 fully saturated rings. The van der Waals surface area contributed by atoms with Crippen molar-refractivity contribution in [2.24, 2.45) is 0 Å². The smallest absolute Gasteiger partial charge is 0.418 e. The van der Waals surface area contributed by atoms with Crippen LogP contribution in [0.3, 0.4) is 0 Å². The van der Waals surface area contributed by atoms with E-state index in [1.54, 1.807) is 0 Å². The lowest BCUT2D eigenvalue weighted by Gasteiger charge is -2.08. The van der Waals surface area contributed by atoms with Crippen molar-refractivity contribution in [2.45, 2.75) is 19.5 Å². The van der Waals surface area contributed by atoms with E-state index in [4.69, 9.17) is 4.42 Å². The Labute approximate surface area is 92.7 Å². The lowest BCUT2D eigenvalue weighted by atomic mass is 10.1. The Morgan fingerprint density at radius 3 is 2.24 bits per heavy atom. The minimum Gasteiger partial charge on any atom is -0.458 e. The first-order valence-electron chi connectivity index (χ1n) is 4.43. The van der Waals surface area contributed by atoms with Gasteiger partial charge < -0.3 is 4.42 Å². The molecule has 0 amide bonds. The molecule has 0 saturated carbocycles. The maximum atomic E-state index is 12.1. The van der Waals surface area contributed by atoms with E-state index in [0.29, 0.717) is 5.76 Å². The molecule has 1 aromatic rings. The van der Waals surface area contributed by atoms with Crippen molar-refractivity contribution in [1.29, 1.82) is 0 Å². The summed E-state index contributed by atoms with van der Waals surface area (Å²) >= 11 is 0. The molecule has 1 rings (SSSR count). The first kappa shape index (κ1) is 13.4. The molecule has 0 spiro atoms. The van der Waals surface area contributed by atoms with E-state index < -0.39 is 30.0 Å². The van der Waals surface area contributed by atoms with E-state index >= 15 is 0 Å². The lowest BCUT2D eigenvalue weighted by molar-refractivity contribution is -0.0967. The second kappa shape index (κ2) is 4.68. The van der Waals surface area contributed by atoms with Crippen LogP contribution in [0.15, 0.2) is 28.2 Å². The van der Waals surface area contributed by atoms with Crippen LogP contribution in [0.2, 0.25) is 0 Å². The highest BCUT2D eigenvalue weighted by Gasteiger charge is 2.39. The van der Waals surface area contributed by atoms with E-state index in [1.807, 2.05) is 0 Å². The first-order valence-corrected chi connectivity index (χ1v) is 4.43. The predicted molar refractivity (Wildman–Crippen MR) is 47.7 cm³/mol. The van der Waals surface area contributed by atoms with Gasteiger partial charge in [0.05, 0.1) is 0 Å². The van der Waals surface area contributed by atoms with Gasteiger partial charge in [-0.05, 0) is 19.1 Å². The Morgan fingerprint density at radius 1 is 1.29 bits per heavy atom. The third kappa shape index (κ3) is 3.40. The number of furan rings is 1. The Kier molecular flexibility index (Phi) is 3.69. The van der Waals surface area contributed by atoms with Crippen LogP contribution in [0.5, 0.6) is 0 Å². The number of carbonyl (C=O) groups is 1. The maximum absolute atomic E-state index is 12.1. The molecule has 0 saturated heterocycles. The summed E-state index contributed by atoms with van der Waals surface area (Å²) in [6.07, 6.45) is -9.57. The zero-order valence-corrected chi connectivity index (χ0v) is 8.57. The third-order valence-corrected chi connectivity index (χ3v) is 1.92. The fourth-order valence-corrected chi connectivity index (χ4v) is 1.11. The maximum Gasteiger partial charge on any atom is 0.418 e. The highest BCUT2D eigenvalue weighted by Crippen LogP contribution is 2.32. The van der Waals surface area contributed by atoms with Gasteiger partial charge in [0.15, 0.2) is 5.76 Å². The SMILES string of the molecule is Cc1ccc(C(=O)CC(=C(F)F)C(F)(F)F)o1. The molecule has 0 radical (unpaired) electrons. The van der Waals surface area contributed by atoms with Gasteiger partial charge >= 0.3 is 6.18 Å². The summed E-state index contributed by atoms with van der Waals surface area (Å²) in [6.45, 7) is 1.48. The third-order valence-electron chi connectivity index (χ3n) is 1.92. The number of carbonyl (C=O) groups excluding carboxylic acids is 1. The van der Waals surface area contributed by atoms with Gasteiger partial charge in [-0.25, -0.2) is 0 Å². The van der Waals surface area contributed by atoms with Crippen LogP contribution < -0.4 is 0 Å². The van der Waals surface area contributed by atoms with E-state index in [0.717, 1.165) is 6.07 Å². The van der Waals surface area contributed by atoms with Crippen LogP contribution in [0.25, 0.3) is 0 Å². The van der Waals surface area contributed by atoms with E-state index in [2.05, 4.69) is 0 Å². The molecule has 0 bridgehead atoms. The number of rotatable bonds is 3. The van der Waals surface area contributed by atoms with Crippen LogP contribution in [-0.2, 0) is 0 Å². The second-order valence-corrected chi connectivity index (χ2v) is 3.25. The summed E-state index contributed by atoms with van der Waals surface area (Å²) in [5.74, 6) is -1.20.